The third kappa shape index (κ3) is 2.98. The Kier molecular flexibility index (Phi) is 4.28. The monoisotopic (exact) mass is 390 g/mol. The quantitative estimate of drug-likeness (QED) is 0.537. The Morgan fingerprint density at radius 2 is 1.96 bits per heavy atom. The Morgan fingerprint density at radius 1 is 1.21 bits per heavy atom. The van der Waals surface area contributed by atoms with E-state index in [1.807, 2.05) is 44.2 Å². The van der Waals surface area contributed by atoms with Crippen molar-refractivity contribution in [3.05, 3.63) is 53.2 Å². The van der Waals surface area contributed by atoms with E-state index in [4.69, 9.17) is 11.2 Å². The third-order valence-electron chi connectivity index (χ3n) is 4.44. The zero-order chi connectivity index (χ0) is 19.9. The molecule has 1 N–H and O–H groups in total. The molecule has 4 aromatic rings. The fourth-order valence-electron chi connectivity index (χ4n) is 2.96. The second-order valence-electron chi connectivity index (χ2n) is 6.83. The Balaban J connectivity index is 1.91. The number of fused-ring (bicyclic) bond motifs is 3. The molecule has 0 amide bonds. The highest BCUT2D eigenvalue weighted by Gasteiger charge is 2.20. The van der Waals surface area contributed by atoms with Gasteiger partial charge in [0.05, 0.1) is 29.2 Å². The molecule has 0 saturated carbocycles. The smallest absolute Gasteiger partial charge is 0.275 e. The number of aromatic nitrogens is 3. The minimum atomic E-state index is -0.541. The molecule has 0 bridgehead atoms. The molecule has 0 aliphatic heterocycles. The largest absolute Gasteiger partial charge is 0.497 e. The van der Waals surface area contributed by atoms with Crippen molar-refractivity contribution < 1.29 is 4.74 Å². The first kappa shape index (κ1) is 18.0. The fraction of sp³-hybridized carbons (Fsp3) is 0.190. The first-order valence-corrected chi connectivity index (χ1v) is 9.44. The number of benzene rings is 1. The van der Waals surface area contributed by atoms with Gasteiger partial charge in [-0.05, 0) is 44.2 Å². The van der Waals surface area contributed by atoms with Gasteiger partial charge >= 0.3 is 0 Å². The second-order valence-corrected chi connectivity index (χ2v) is 7.83. The first-order valence-electron chi connectivity index (χ1n) is 8.63. The van der Waals surface area contributed by atoms with Crippen LogP contribution in [0.1, 0.15) is 13.8 Å². The van der Waals surface area contributed by atoms with Gasteiger partial charge in [0.1, 0.15) is 21.6 Å². The van der Waals surface area contributed by atoms with Gasteiger partial charge in [0.15, 0.2) is 0 Å². The Hall–Kier alpha value is -3.37. The van der Waals surface area contributed by atoms with Crippen LogP contribution in [0.25, 0.3) is 26.1 Å². The van der Waals surface area contributed by atoms with E-state index in [9.17, 15) is 4.79 Å². The maximum absolute atomic E-state index is 13.1. The predicted octanol–water partition coefficient (Wildman–Crippen LogP) is 3.83. The van der Waals surface area contributed by atoms with Crippen molar-refractivity contribution in [2.75, 3.05) is 12.4 Å². The van der Waals surface area contributed by atoms with Crippen LogP contribution in [0.2, 0.25) is 0 Å². The van der Waals surface area contributed by atoms with Crippen molar-refractivity contribution in [3.8, 4) is 23.8 Å². The summed E-state index contributed by atoms with van der Waals surface area (Å²) in [5, 5.41) is 4.15. The van der Waals surface area contributed by atoms with Crippen LogP contribution in [0.5, 0.6) is 5.75 Å². The Morgan fingerprint density at radius 3 is 2.64 bits per heavy atom. The lowest BCUT2D eigenvalue weighted by Gasteiger charge is -2.21. The lowest BCUT2D eigenvalue weighted by molar-refractivity contribution is 0.414. The van der Waals surface area contributed by atoms with Gasteiger partial charge in [-0.3, -0.25) is 9.36 Å². The summed E-state index contributed by atoms with van der Waals surface area (Å²) >= 11 is 1.33. The van der Waals surface area contributed by atoms with E-state index in [0.717, 1.165) is 27.3 Å². The molecule has 0 fully saturated rings. The zero-order valence-electron chi connectivity index (χ0n) is 15.7. The molecule has 0 unspecified atom stereocenters. The van der Waals surface area contributed by atoms with Gasteiger partial charge in [0.25, 0.3) is 5.56 Å². The fourth-order valence-corrected chi connectivity index (χ4v) is 4.01. The molecule has 6 nitrogen and oxygen atoms in total. The van der Waals surface area contributed by atoms with Gasteiger partial charge in [-0.25, -0.2) is 9.97 Å². The van der Waals surface area contributed by atoms with E-state index in [0.29, 0.717) is 10.2 Å². The predicted molar refractivity (Wildman–Crippen MR) is 114 cm³/mol. The molecule has 28 heavy (non-hydrogen) atoms. The molecular formula is C21H18N4O2S. The van der Waals surface area contributed by atoms with Gasteiger partial charge in [0.2, 0.25) is 0 Å². The minimum Gasteiger partial charge on any atom is -0.497 e. The summed E-state index contributed by atoms with van der Waals surface area (Å²) < 4.78 is 7.25. The number of hydrogen-bond acceptors (Lipinski definition) is 6. The normalized spacial score (nSPS) is 11.5. The van der Waals surface area contributed by atoms with Crippen LogP contribution in [0.3, 0.4) is 0 Å². The molecule has 3 aromatic heterocycles. The van der Waals surface area contributed by atoms with Crippen molar-refractivity contribution in [1.82, 2.24) is 14.5 Å². The van der Waals surface area contributed by atoms with Crippen LogP contribution in [-0.2, 0) is 0 Å². The average Bonchev–Trinajstić information content (AvgIpc) is 3.09. The zero-order valence-corrected chi connectivity index (χ0v) is 16.5. The molecular weight excluding hydrogens is 372 g/mol. The van der Waals surface area contributed by atoms with E-state index >= 15 is 0 Å². The van der Waals surface area contributed by atoms with Gasteiger partial charge < -0.3 is 10.1 Å². The van der Waals surface area contributed by atoms with Crippen molar-refractivity contribution in [1.29, 1.82) is 0 Å². The molecule has 0 saturated heterocycles. The molecule has 0 radical (unpaired) electrons. The SMILES string of the molecule is C#CC(C)(C)Nc1ccnc2sc3c(=O)n(-c4ccc(OC)cc4)cnc3c12. The van der Waals surface area contributed by atoms with E-state index < -0.39 is 5.54 Å². The number of nitrogens with one attached hydrogen (secondary N) is 1. The lowest BCUT2D eigenvalue weighted by Crippen LogP contribution is -2.28. The summed E-state index contributed by atoms with van der Waals surface area (Å²) in [6.07, 6.45) is 8.86. The number of thiophene rings is 1. The average molecular weight is 390 g/mol. The number of methoxy groups -OCH3 is 1. The van der Waals surface area contributed by atoms with Crippen molar-refractivity contribution in [2.24, 2.45) is 0 Å². The number of hydrogen-bond donors (Lipinski definition) is 1. The number of terminal acetylenes is 1. The van der Waals surface area contributed by atoms with E-state index in [2.05, 4.69) is 21.2 Å². The summed E-state index contributed by atoms with van der Waals surface area (Å²) in [5.41, 5.74) is 1.48. The number of ether oxygens (including phenoxy) is 1. The molecule has 1 aromatic carbocycles. The Bertz CT molecular complexity index is 1280. The van der Waals surface area contributed by atoms with Gasteiger partial charge in [-0.2, -0.15) is 0 Å². The lowest BCUT2D eigenvalue weighted by atomic mass is 10.1. The van der Waals surface area contributed by atoms with E-state index in [-0.39, 0.29) is 5.56 Å². The van der Waals surface area contributed by atoms with Crippen molar-refractivity contribution in [3.63, 3.8) is 0 Å². The van der Waals surface area contributed by atoms with Crippen LogP contribution < -0.4 is 15.6 Å². The topological polar surface area (TPSA) is 69.0 Å². The van der Waals surface area contributed by atoms with Crippen LogP contribution in [-0.4, -0.2) is 27.2 Å². The summed E-state index contributed by atoms with van der Waals surface area (Å²) in [5.74, 6) is 3.45. The van der Waals surface area contributed by atoms with E-state index in [1.165, 1.54) is 15.9 Å². The van der Waals surface area contributed by atoms with E-state index in [1.54, 1.807) is 19.6 Å². The second kappa shape index (κ2) is 6.66. The first-order chi connectivity index (χ1) is 13.4. The van der Waals surface area contributed by atoms with Crippen LogP contribution >= 0.6 is 11.3 Å². The Labute approximate surface area is 165 Å². The van der Waals surface area contributed by atoms with Crippen LogP contribution in [0.15, 0.2) is 47.7 Å². The number of rotatable bonds is 4. The highest BCUT2D eigenvalue weighted by molar-refractivity contribution is 7.25. The summed E-state index contributed by atoms with van der Waals surface area (Å²) in [7, 11) is 1.60. The molecule has 0 atom stereocenters. The number of anilines is 1. The summed E-state index contributed by atoms with van der Waals surface area (Å²) in [6.45, 7) is 3.83. The summed E-state index contributed by atoms with van der Waals surface area (Å²) in [4.78, 5) is 22.9. The molecule has 0 aliphatic rings. The molecule has 140 valence electrons. The maximum atomic E-state index is 13.1. The molecule has 0 aliphatic carbocycles. The highest BCUT2D eigenvalue weighted by Crippen LogP contribution is 2.35. The number of nitrogens with zero attached hydrogens (tertiary/aromatic N) is 3. The number of pyridine rings is 1. The maximum Gasteiger partial charge on any atom is 0.275 e. The van der Waals surface area contributed by atoms with Crippen molar-refractivity contribution >= 4 is 37.5 Å². The van der Waals surface area contributed by atoms with Gasteiger partial charge in [0, 0.05) is 11.9 Å². The van der Waals surface area contributed by atoms with Crippen molar-refractivity contribution in [2.45, 2.75) is 19.4 Å². The highest BCUT2D eigenvalue weighted by atomic mass is 32.1. The molecule has 3 heterocycles. The molecule has 7 heteroatoms. The molecule has 4 rings (SSSR count). The molecule has 0 spiro atoms. The summed E-state index contributed by atoms with van der Waals surface area (Å²) in [6, 6.07) is 9.11. The van der Waals surface area contributed by atoms with Gasteiger partial charge in [-0.1, -0.05) is 5.92 Å². The van der Waals surface area contributed by atoms with Crippen LogP contribution in [0.4, 0.5) is 5.69 Å². The van der Waals surface area contributed by atoms with Gasteiger partial charge in [-0.15, -0.1) is 17.8 Å². The minimum absolute atomic E-state index is 0.139. The van der Waals surface area contributed by atoms with Crippen LogP contribution in [0, 0.1) is 12.3 Å². The third-order valence-corrected chi connectivity index (χ3v) is 5.52. The standard InChI is InChI=1S/C21H18N4O2S/c1-5-21(2,3)24-15-10-11-22-19-16(15)17-18(28-19)20(26)25(12-23-17)13-6-8-14(27-4)9-7-13/h1,6-12H,2-4H3,(H,22,24).